The first-order valence-electron chi connectivity index (χ1n) is 12.7. The number of allylic oxidation sites excluding steroid dienone is 1. The molecule has 1 saturated carbocycles. The average molecular weight is 507 g/mol. The number of halogens is 1. The molecule has 3 nitrogen and oxygen atoms in total. The normalized spacial score (nSPS) is 21.0. The summed E-state index contributed by atoms with van der Waals surface area (Å²) in [6.07, 6.45) is 16.0. The number of anilines is 1. The first kappa shape index (κ1) is 21.5. The minimum Gasteiger partial charge on any atom is -0.496 e. The van der Waals surface area contributed by atoms with Crippen molar-refractivity contribution in [3.05, 3.63) is 57.1 Å². The molecule has 1 fully saturated rings. The number of rotatable bonds is 3. The molecule has 0 radical (unpaired) electrons. The highest BCUT2D eigenvalue weighted by Gasteiger charge is 2.50. The Kier molecular flexibility index (Phi) is 5.40. The van der Waals surface area contributed by atoms with Crippen LogP contribution in [0.2, 0.25) is 0 Å². The molecule has 0 atom stereocenters. The van der Waals surface area contributed by atoms with Gasteiger partial charge in [-0.15, -0.1) is 0 Å². The molecule has 0 aromatic heterocycles. The zero-order valence-electron chi connectivity index (χ0n) is 19.9. The van der Waals surface area contributed by atoms with Crippen LogP contribution in [0.3, 0.4) is 0 Å². The molecule has 2 aromatic carbocycles. The maximum absolute atomic E-state index is 6.07. The van der Waals surface area contributed by atoms with E-state index < -0.39 is 0 Å². The smallest absolute Gasteiger partial charge is 0.209 e. The molecular weight excluding hydrogens is 472 g/mol. The number of aryl methyl sites for hydroxylation is 1. The van der Waals surface area contributed by atoms with E-state index >= 15 is 0 Å². The zero-order chi connectivity index (χ0) is 22.6. The van der Waals surface area contributed by atoms with Crippen LogP contribution < -0.4 is 9.64 Å². The Bertz CT molecular complexity index is 1170. The third kappa shape index (κ3) is 3.31. The molecule has 0 bridgehead atoms. The zero-order valence-corrected chi connectivity index (χ0v) is 21.5. The van der Waals surface area contributed by atoms with E-state index in [4.69, 9.17) is 4.74 Å². The summed E-state index contributed by atoms with van der Waals surface area (Å²) in [5, 5.41) is 0. The average Bonchev–Trinajstić information content (AvgIpc) is 3.05. The molecule has 4 heteroatoms. The van der Waals surface area contributed by atoms with Crippen molar-refractivity contribution < 1.29 is 9.31 Å². The number of hydrogen-bond donors (Lipinski definition) is 0. The number of methoxy groups -OCH3 is 1. The van der Waals surface area contributed by atoms with E-state index in [0.717, 1.165) is 12.2 Å². The molecule has 3 heterocycles. The van der Waals surface area contributed by atoms with Crippen LogP contribution >= 0.6 is 15.9 Å². The van der Waals surface area contributed by atoms with Crippen LogP contribution in [0.1, 0.15) is 67.2 Å². The SMILES string of the molecule is COc1c(/C=C/C2=[N+](C)c3ccc(Br)cc3C23CCCCC3)cc2c3c1CCCN3CCC2. The van der Waals surface area contributed by atoms with Gasteiger partial charge in [-0.1, -0.05) is 35.2 Å². The van der Waals surface area contributed by atoms with E-state index in [1.54, 1.807) is 0 Å². The third-order valence-electron chi connectivity index (χ3n) is 8.52. The highest BCUT2D eigenvalue weighted by Crippen LogP contribution is 2.50. The van der Waals surface area contributed by atoms with Crippen molar-refractivity contribution in [3.63, 3.8) is 0 Å². The van der Waals surface area contributed by atoms with E-state index in [1.165, 1.54) is 108 Å². The second-order valence-corrected chi connectivity index (χ2v) is 11.2. The summed E-state index contributed by atoms with van der Waals surface area (Å²) in [7, 11) is 4.10. The number of ether oxygens (including phenoxy) is 1. The fraction of sp³-hybridized carbons (Fsp3) is 0.483. The Labute approximate surface area is 206 Å². The van der Waals surface area contributed by atoms with Gasteiger partial charge in [0.1, 0.15) is 12.8 Å². The summed E-state index contributed by atoms with van der Waals surface area (Å²) >= 11 is 3.74. The third-order valence-corrected chi connectivity index (χ3v) is 9.01. The van der Waals surface area contributed by atoms with Gasteiger partial charge in [-0.2, -0.15) is 4.58 Å². The maximum atomic E-state index is 6.07. The quantitative estimate of drug-likeness (QED) is 0.426. The van der Waals surface area contributed by atoms with E-state index in [1.807, 2.05) is 7.11 Å². The topological polar surface area (TPSA) is 15.5 Å². The monoisotopic (exact) mass is 505 g/mol. The molecule has 0 unspecified atom stereocenters. The predicted octanol–water partition coefficient (Wildman–Crippen LogP) is 6.80. The molecule has 1 spiro atoms. The number of fused-ring (bicyclic) bond motifs is 2. The van der Waals surface area contributed by atoms with Gasteiger partial charge < -0.3 is 9.64 Å². The molecular formula is C29H34BrN2O+. The Morgan fingerprint density at radius 2 is 1.79 bits per heavy atom. The van der Waals surface area contributed by atoms with Gasteiger partial charge in [0.2, 0.25) is 5.69 Å². The fourth-order valence-electron chi connectivity index (χ4n) is 7.11. The standard InChI is InChI=1S/C29H34BrN2O/c1-31-25-12-11-22(30)19-24(25)29(14-4-3-5-15-29)26(31)13-10-21-18-20-8-6-16-32-17-7-9-23(27(20)32)28(21)33-2/h10-13,18-19H,3-9,14-17H2,1-2H3/q+1. The van der Waals surface area contributed by atoms with E-state index in [9.17, 15) is 0 Å². The lowest BCUT2D eigenvalue weighted by molar-refractivity contribution is -0.401. The summed E-state index contributed by atoms with van der Waals surface area (Å²) in [6.45, 7) is 2.38. The lowest BCUT2D eigenvalue weighted by Gasteiger charge is -2.38. The summed E-state index contributed by atoms with van der Waals surface area (Å²) < 4.78 is 9.70. The second-order valence-electron chi connectivity index (χ2n) is 10.3. The number of hydrogen-bond acceptors (Lipinski definition) is 2. The van der Waals surface area contributed by atoms with Crippen LogP contribution in [0.4, 0.5) is 11.4 Å². The lowest BCUT2D eigenvalue weighted by atomic mass is 9.67. The highest BCUT2D eigenvalue weighted by atomic mass is 79.9. The van der Waals surface area contributed by atoms with Crippen LogP contribution in [0.25, 0.3) is 6.08 Å². The van der Waals surface area contributed by atoms with Gasteiger partial charge in [0.25, 0.3) is 0 Å². The van der Waals surface area contributed by atoms with Crippen molar-refractivity contribution in [2.45, 2.75) is 63.2 Å². The molecule has 6 rings (SSSR count). The molecule has 1 aliphatic carbocycles. The minimum absolute atomic E-state index is 0.134. The van der Waals surface area contributed by atoms with Gasteiger partial charge in [0, 0.05) is 52.1 Å². The minimum atomic E-state index is 0.134. The van der Waals surface area contributed by atoms with E-state index in [-0.39, 0.29) is 5.41 Å². The van der Waals surface area contributed by atoms with Gasteiger partial charge >= 0.3 is 0 Å². The fourth-order valence-corrected chi connectivity index (χ4v) is 7.48. The van der Waals surface area contributed by atoms with Crippen LogP contribution in [0.15, 0.2) is 34.8 Å². The van der Waals surface area contributed by atoms with Crippen molar-refractivity contribution in [1.82, 2.24) is 0 Å². The van der Waals surface area contributed by atoms with Gasteiger partial charge in [-0.3, -0.25) is 0 Å². The first-order valence-corrected chi connectivity index (χ1v) is 13.5. The molecule has 33 heavy (non-hydrogen) atoms. The van der Waals surface area contributed by atoms with Gasteiger partial charge in [0.05, 0.1) is 12.5 Å². The molecule has 3 aliphatic heterocycles. The lowest BCUT2D eigenvalue weighted by Crippen LogP contribution is -2.36. The van der Waals surface area contributed by atoms with Crippen molar-refractivity contribution in [1.29, 1.82) is 0 Å². The largest absolute Gasteiger partial charge is 0.496 e. The van der Waals surface area contributed by atoms with Crippen molar-refractivity contribution in [2.24, 2.45) is 0 Å². The second kappa shape index (κ2) is 8.30. The van der Waals surface area contributed by atoms with Crippen LogP contribution in [-0.2, 0) is 18.3 Å². The van der Waals surface area contributed by atoms with Gasteiger partial charge in [-0.25, -0.2) is 0 Å². The van der Waals surface area contributed by atoms with Crippen LogP contribution in [-0.4, -0.2) is 37.5 Å². The van der Waals surface area contributed by atoms with Crippen LogP contribution in [0.5, 0.6) is 5.75 Å². The molecule has 0 saturated heterocycles. The Balaban J connectivity index is 1.46. The highest BCUT2D eigenvalue weighted by molar-refractivity contribution is 9.10. The first-order chi connectivity index (χ1) is 16.1. The Morgan fingerprint density at radius 1 is 1.00 bits per heavy atom. The predicted molar refractivity (Wildman–Crippen MR) is 141 cm³/mol. The molecule has 2 aromatic rings. The maximum Gasteiger partial charge on any atom is 0.209 e. The summed E-state index contributed by atoms with van der Waals surface area (Å²) in [6, 6.07) is 9.25. The Morgan fingerprint density at radius 3 is 2.58 bits per heavy atom. The summed E-state index contributed by atoms with van der Waals surface area (Å²) in [5.74, 6) is 1.09. The van der Waals surface area contributed by atoms with Crippen molar-refractivity contribution in [2.75, 3.05) is 32.1 Å². The van der Waals surface area contributed by atoms with Gasteiger partial charge in [0.15, 0.2) is 5.71 Å². The summed E-state index contributed by atoms with van der Waals surface area (Å²) in [5.41, 5.74) is 10.1. The van der Waals surface area contributed by atoms with Crippen molar-refractivity contribution in [3.8, 4) is 5.75 Å². The summed E-state index contributed by atoms with van der Waals surface area (Å²) in [4.78, 5) is 2.60. The van der Waals surface area contributed by atoms with E-state index in [2.05, 4.69) is 68.9 Å². The number of nitrogens with zero attached hydrogens (tertiary/aromatic N) is 2. The van der Waals surface area contributed by atoms with Crippen LogP contribution in [0, 0.1) is 0 Å². The van der Waals surface area contributed by atoms with E-state index in [0.29, 0.717) is 0 Å². The number of benzene rings is 2. The Hall–Kier alpha value is -2.07. The molecule has 172 valence electrons. The molecule has 4 aliphatic rings. The van der Waals surface area contributed by atoms with Crippen molar-refractivity contribution >= 4 is 39.1 Å². The molecule has 0 N–H and O–H groups in total. The van der Waals surface area contributed by atoms with Gasteiger partial charge in [-0.05, 0) is 68.4 Å². The molecule has 0 amide bonds.